The molecule has 162 valence electrons. The van der Waals surface area contributed by atoms with E-state index in [-0.39, 0.29) is 17.1 Å². The highest BCUT2D eigenvalue weighted by Crippen LogP contribution is 2.22. The molecule has 1 amide bonds. The summed E-state index contributed by atoms with van der Waals surface area (Å²) in [7, 11) is -2.58. The number of carbonyl (C=O) groups is 1. The van der Waals surface area contributed by atoms with E-state index in [1.165, 1.54) is 37.4 Å². The molecule has 1 N–H and O–H groups in total. The molecule has 0 fully saturated rings. The second-order valence-electron chi connectivity index (χ2n) is 6.61. The van der Waals surface area contributed by atoms with Crippen LogP contribution >= 0.6 is 0 Å². The van der Waals surface area contributed by atoms with Crippen molar-refractivity contribution in [3.05, 3.63) is 90.0 Å². The molecule has 0 saturated heterocycles. The van der Waals surface area contributed by atoms with E-state index in [1.54, 1.807) is 30.3 Å². The van der Waals surface area contributed by atoms with Crippen LogP contribution in [0.15, 0.2) is 77.7 Å². The number of halogens is 2. The third-order valence-corrected chi connectivity index (χ3v) is 6.23. The molecule has 6 nitrogen and oxygen atoms in total. The van der Waals surface area contributed by atoms with Gasteiger partial charge in [0.1, 0.15) is 5.75 Å². The fourth-order valence-electron chi connectivity index (χ4n) is 2.84. The maximum atomic E-state index is 13.4. The molecular weight excluding hydrogens is 426 g/mol. The number of amides is 1. The Balaban J connectivity index is 1.86. The maximum Gasteiger partial charge on any atom is 0.243 e. The molecule has 0 aliphatic rings. The van der Waals surface area contributed by atoms with E-state index in [4.69, 9.17) is 4.74 Å². The van der Waals surface area contributed by atoms with Crippen LogP contribution in [0.2, 0.25) is 0 Å². The Kier molecular flexibility index (Phi) is 6.98. The van der Waals surface area contributed by atoms with Crippen molar-refractivity contribution in [3.8, 4) is 5.75 Å². The first-order chi connectivity index (χ1) is 14.8. The first-order valence-corrected chi connectivity index (χ1v) is 10.7. The standard InChI is InChI=1S/C22H20F2N2O4S/c1-30-18-8-10-19(11-9-18)31(28,29)26(14-16-5-3-2-4-6-16)15-22(27)25-17-7-12-20(23)21(24)13-17/h2-13H,14-15H2,1H3,(H,25,27). The van der Waals surface area contributed by atoms with E-state index in [0.717, 1.165) is 16.4 Å². The summed E-state index contributed by atoms with van der Waals surface area (Å²) in [6.07, 6.45) is 0. The largest absolute Gasteiger partial charge is 0.497 e. The first-order valence-electron chi connectivity index (χ1n) is 9.22. The van der Waals surface area contributed by atoms with Gasteiger partial charge in [-0.15, -0.1) is 0 Å². The minimum Gasteiger partial charge on any atom is -0.497 e. The molecular formula is C22H20F2N2O4S. The molecule has 0 unspecified atom stereocenters. The highest BCUT2D eigenvalue weighted by atomic mass is 32.2. The van der Waals surface area contributed by atoms with E-state index in [0.29, 0.717) is 11.3 Å². The van der Waals surface area contributed by atoms with Gasteiger partial charge in [-0.05, 0) is 42.0 Å². The summed E-state index contributed by atoms with van der Waals surface area (Å²) < 4.78 is 59.0. The van der Waals surface area contributed by atoms with Crippen molar-refractivity contribution in [1.82, 2.24) is 4.31 Å². The number of benzene rings is 3. The smallest absolute Gasteiger partial charge is 0.243 e. The zero-order chi connectivity index (χ0) is 22.4. The van der Waals surface area contributed by atoms with Crippen LogP contribution in [0.25, 0.3) is 0 Å². The molecule has 0 radical (unpaired) electrons. The third-order valence-electron chi connectivity index (χ3n) is 4.42. The lowest BCUT2D eigenvalue weighted by Gasteiger charge is -2.22. The average molecular weight is 446 g/mol. The average Bonchev–Trinajstić information content (AvgIpc) is 2.76. The van der Waals surface area contributed by atoms with Crippen LogP contribution < -0.4 is 10.1 Å². The Morgan fingerprint density at radius 3 is 2.26 bits per heavy atom. The maximum absolute atomic E-state index is 13.4. The van der Waals surface area contributed by atoms with Crippen LogP contribution in [0, 0.1) is 11.6 Å². The van der Waals surface area contributed by atoms with E-state index in [1.807, 2.05) is 0 Å². The van der Waals surface area contributed by atoms with Gasteiger partial charge in [-0.25, -0.2) is 17.2 Å². The molecule has 0 spiro atoms. The lowest BCUT2D eigenvalue weighted by Crippen LogP contribution is -2.37. The van der Waals surface area contributed by atoms with Crippen molar-refractivity contribution < 1.29 is 26.7 Å². The third kappa shape index (κ3) is 5.65. The molecule has 3 rings (SSSR count). The Morgan fingerprint density at radius 2 is 1.65 bits per heavy atom. The van der Waals surface area contributed by atoms with Crippen LogP contribution in [-0.4, -0.2) is 32.3 Å². The lowest BCUT2D eigenvalue weighted by molar-refractivity contribution is -0.116. The van der Waals surface area contributed by atoms with Crippen molar-refractivity contribution >= 4 is 21.6 Å². The Bertz CT molecular complexity index is 1150. The van der Waals surface area contributed by atoms with Gasteiger partial charge in [0.15, 0.2) is 11.6 Å². The predicted molar refractivity (Wildman–Crippen MR) is 112 cm³/mol. The first kappa shape index (κ1) is 22.4. The summed E-state index contributed by atoms with van der Waals surface area (Å²) in [6.45, 7) is -0.581. The van der Waals surface area contributed by atoms with Gasteiger partial charge in [-0.3, -0.25) is 4.79 Å². The number of rotatable bonds is 8. The van der Waals surface area contributed by atoms with Crippen LogP contribution in [0.1, 0.15) is 5.56 Å². The molecule has 9 heteroatoms. The minimum atomic E-state index is -4.04. The van der Waals surface area contributed by atoms with Crippen LogP contribution in [-0.2, 0) is 21.4 Å². The number of hydrogen-bond donors (Lipinski definition) is 1. The number of carbonyl (C=O) groups excluding carboxylic acids is 1. The van der Waals surface area contributed by atoms with Crippen molar-refractivity contribution in [2.45, 2.75) is 11.4 Å². The number of methoxy groups -OCH3 is 1. The molecule has 0 bridgehead atoms. The number of nitrogens with one attached hydrogen (secondary N) is 1. The molecule has 0 atom stereocenters. The fraction of sp³-hybridized carbons (Fsp3) is 0.136. The van der Waals surface area contributed by atoms with Crippen molar-refractivity contribution in [2.75, 3.05) is 19.0 Å². The SMILES string of the molecule is COc1ccc(S(=O)(=O)N(CC(=O)Nc2ccc(F)c(F)c2)Cc2ccccc2)cc1. The summed E-state index contributed by atoms with van der Waals surface area (Å²) >= 11 is 0. The molecule has 31 heavy (non-hydrogen) atoms. The van der Waals surface area contributed by atoms with Gasteiger partial charge in [0, 0.05) is 18.3 Å². The van der Waals surface area contributed by atoms with Gasteiger partial charge in [-0.1, -0.05) is 30.3 Å². The Morgan fingerprint density at radius 1 is 0.968 bits per heavy atom. The van der Waals surface area contributed by atoms with Crippen LogP contribution in [0.3, 0.4) is 0 Å². The van der Waals surface area contributed by atoms with Crippen molar-refractivity contribution in [1.29, 1.82) is 0 Å². The van der Waals surface area contributed by atoms with E-state index >= 15 is 0 Å². The minimum absolute atomic E-state index is 0.00939. The zero-order valence-electron chi connectivity index (χ0n) is 16.6. The zero-order valence-corrected chi connectivity index (χ0v) is 17.4. The molecule has 0 heterocycles. The molecule has 0 aliphatic heterocycles. The number of hydrogen-bond acceptors (Lipinski definition) is 4. The highest BCUT2D eigenvalue weighted by molar-refractivity contribution is 7.89. The number of sulfonamides is 1. The van der Waals surface area contributed by atoms with Crippen molar-refractivity contribution in [2.24, 2.45) is 0 Å². The summed E-state index contributed by atoms with van der Waals surface area (Å²) in [5, 5.41) is 2.40. The molecule has 0 aliphatic carbocycles. The summed E-state index contributed by atoms with van der Waals surface area (Å²) in [6, 6.07) is 17.5. The van der Waals surface area contributed by atoms with E-state index in [9.17, 15) is 22.0 Å². The number of ether oxygens (including phenoxy) is 1. The van der Waals surface area contributed by atoms with E-state index < -0.39 is 34.1 Å². The Labute approximate surface area is 179 Å². The molecule has 0 aromatic heterocycles. The van der Waals surface area contributed by atoms with Gasteiger partial charge in [0.25, 0.3) is 0 Å². The van der Waals surface area contributed by atoms with Gasteiger partial charge >= 0.3 is 0 Å². The Hall–Kier alpha value is -3.30. The number of nitrogens with zero attached hydrogens (tertiary/aromatic N) is 1. The molecule has 3 aromatic rings. The lowest BCUT2D eigenvalue weighted by atomic mass is 10.2. The molecule has 3 aromatic carbocycles. The van der Waals surface area contributed by atoms with E-state index in [2.05, 4.69) is 5.32 Å². The normalized spacial score (nSPS) is 11.4. The summed E-state index contributed by atoms with van der Waals surface area (Å²) in [4.78, 5) is 12.5. The van der Waals surface area contributed by atoms with Crippen LogP contribution in [0.5, 0.6) is 5.75 Å². The van der Waals surface area contributed by atoms with Gasteiger partial charge in [-0.2, -0.15) is 4.31 Å². The van der Waals surface area contributed by atoms with Crippen molar-refractivity contribution in [3.63, 3.8) is 0 Å². The quantitative estimate of drug-likeness (QED) is 0.571. The van der Waals surface area contributed by atoms with Gasteiger partial charge in [0.05, 0.1) is 18.6 Å². The predicted octanol–water partition coefficient (Wildman–Crippen LogP) is 3.80. The number of anilines is 1. The highest BCUT2D eigenvalue weighted by Gasteiger charge is 2.27. The second-order valence-corrected chi connectivity index (χ2v) is 8.55. The van der Waals surface area contributed by atoms with Gasteiger partial charge in [0.2, 0.25) is 15.9 Å². The summed E-state index contributed by atoms with van der Waals surface area (Å²) in [5.74, 6) is -2.38. The fourth-order valence-corrected chi connectivity index (χ4v) is 4.23. The van der Waals surface area contributed by atoms with Crippen LogP contribution in [0.4, 0.5) is 14.5 Å². The molecule has 0 saturated carbocycles. The van der Waals surface area contributed by atoms with Gasteiger partial charge < -0.3 is 10.1 Å². The monoisotopic (exact) mass is 446 g/mol. The second kappa shape index (κ2) is 9.67. The topological polar surface area (TPSA) is 75.7 Å². The summed E-state index contributed by atoms with van der Waals surface area (Å²) in [5.41, 5.74) is 0.700.